The summed E-state index contributed by atoms with van der Waals surface area (Å²) in [5.41, 5.74) is -1.08. The predicted molar refractivity (Wildman–Crippen MR) is 62.8 cm³/mol. The van der Waals surface area contributed by atoms with E-state index in [0.29, 0.717) is 6.54 Å². The third-order valence-electron chi connectivity index (χ3n) is 1.89. The topological polar surface area (TPSA) is 78.9 Å². The normalized spacial score (nSPS) is 16.4. The van der Waals surface area contributed by atoms with Gasteiger partial charge < -0.3 is 14.7 Å². The van der Waals surface area contributed by atoms with Crippen LogP contribution in [0.25, 0.3) is 0 Å². The van der Waals surface area contributed by atoms with Crippen LogP contribution < -0.4 is 4.72 Å². The van der Waals surface area contributed by atoms with Gasteiger partial charge in [-0.1, -0.05) is 0 Å². The first-order valence-electron chi connectivity index (χ1n) is 5.02. The monoisotopic (exact) mass is 254 g/mol. The van der Waals surface area contributed by atoms with Gasteiger partial charge in [-0.05, 0) is 21.0 Å². The second-order valence-electron chi connectivity index (χ2n) is 4.37. The molecule has 0 radical (unpaired) electrons. The summed E-state index contributed by atoms with van der Waals surface area (Å²) in [5.74, 6) is -0.0957. The lowest BCUT2D eigenvalue weighted by Crippen LogP contribution is -2.47. The quantitative estimate of drug-likeness (QED) is 0.573. The zero-order chi connectivity index (χ0) is 12.8. The Labute approximate surface area is 97.6 Å². The number of likely N-dealkylation sites (N-methyl/N-ethyl adjacent to an activating group) is 1. The summed E-state index contributed by atoms with van der Waals surface area (Å²) in [6.07, 6.45) is 0. The number of nitrogens with one attached hydrogen (secondary N) is 1. The summed E-state index contributed by atoms with van der Waals surface area (Å²) in [7, 11) is 1.70. The molecule has 0 saturated heterocycles. The number of aliphatic hydroxyl groups is 1. The largest absolute Gasteiger partial charge is 0.387 e. The number of hydrogen-bond donors (Lipinski definition) is 2. The molecule has 16 heavy (non-hydrogen) atoms. The predicted octanol–water partition coefficient (Wildman–Crippen LogP) is -1.14. The van der Waals surface area contributed by atoms with Crippen molar-refractivity contribution in [3.05, 3.63) is 0 Å². The van der Waals surface area contributed by atoms with Crippen LogP contribution in [0.3, 0.4) is 0 Å². The maximum Gasteiger partial charge on any atom is 0.213 e. The van der Waals surface area contributed by atoms with Crippen LogP contribution in [0.1, 0.15) is 6.92 Å². The second-order valence-corrected chi connectivity index (χ2v) is 6.29. The maximum atomic E-state index is 11.4. The van der Waals surface area contributed by atoms with Crippen LogP contribution in [-0.2, 0) is 14.8 Å². The Hall–Kier alpha value is -0.210. The van der Waals surface area contributed by atoms with Gasteiger partial charge in [0.2, 0.25) is 10.0 Å². The zero-order valence-corrected chi connectivity index (χ0v) is 11.2. The Kier molecular flexibility index (Phi) is 6.42. The van der Waals surface area contributed by atoms with Gasteiger partial charge in [-0.25, -0.2) is 13.1 Å². The minimum atomic E-state index is -3.37. The number of ether oxygens (including phenoxy) is 1. The van der Waals surface area contributed by atoms with Crippen molar-refractivity contribution in [1.29, 1.82) is 0 Å². The SMILES string of the molecule is COCCS(=O)(=O)NCC(C)(O)CN(C)C. The molecule has 1 atom stereocenters. The van der Waals surface area contributed by atoms with Crippen molar-refractivity contribution in [3.63, 3.8) is 0 Å². The van der Waals surface area contributed by atoms with E-state index in [1.54, 1.807) is 11.8 Å². The maximum absolute atomic E-state index is 11.4. The summed E-state index contributed by atoms with van der Waals surface area (Å²) < 4.78 is 29.9. The van der Waals surface area contributed by atoms with Crippen molar-refractivity contribution in [1.82, 2.24) is 9.62 Å². The van der Waals surface area contributed by atoms with E-state index in [9.17, 15) is 13.5 Å². The van der Waals surface area contributed by atoms with E-state index in [1.165, 1.54) is 7.11 Å². The van der Waals surface area contributed by atoms with E-state index in [-0.39, 0.29) is 18.9 Å². The van der Waals surface area contributed by atoms with Crippen LogP contribution in [0.5, 0.6) is 0 Å². The van der Waals surface area contributed by atoms with Gasteiger partial charge >= 0.3 is 0 Å². The molecule has 0 heterocycles. The number of sulfonamides is 1. The highest BCUT2D eigenvalue weighted by Gasteiger charge is 2.23. The molecule has 0 aromatic rings. The Morgan fingerprint density at radius 3 is 2.44 bits per heavy atom. The van der Waals surface area contributed by atoms with Crippen LogP contribution in [0.2, 0.25) is 0 Å². The number of hydrogen-bond acceptors (Lipinski definition) is 5. The van der Waals surface area contributed by atoms with E-state index in [4.69, 9.17) is 0 Å². The van der Waals surface area contributed by atoms with E-state index in [1.807, 2.05) is 14.1 Å². The number of nitrogens with zero attached hydrogens (tertiary/aromatic N) is 1. The Bertz CT molecular complexity index is 288. The molecule has 0 bridgehead atoms. The molecule has 98 valence electrons. The van der Waals surface area contributed by atoms with Crippen molar-refractivity contribution in [3.8, 4) is 0 Å². The average molecular weight is 254 g/mol. The molecule has 0 aliphatic carbocycles. The van der Waals surface area contributed by atoms with Gasteiger partial charge in [0.05, 0.1) is 18.0 Å². The molecule has 6 nitrogen and oxygen atoms in total. The molecule has 0 aliphatic rings. The molecule has 0 saturated carbocycles. The van der Waals surface area contributed by atoms with Gasteiger partial charge in [0.25, 0.3) is 0 Å². The molecule has 0 spiro atoms. The van der Waals surface area contributed by atoms with Crippen molar-refractivity contribution >= 4 is 10.0 Å². The van der Waals surface area contributed by atoms with Gasteiger partial charge in [-0.15, -0.1) is 0 Å². The van der Waals surface area contributed by atoms with Crippen LogP contribution in [-0.4, -0.2) is 70.7 Å². The van der Waals surface area contributed by atoms with Crippen molar-refractivity contribution < 1.29 is 18.3 Å². The second kappa shape index (κ2) is 6.51. The molecule has 2 N–H and O–H groups in total. The van der Waals surface area contributed by atoms with Crippen LogP contribution >= 0.6 is 0 Å². The lowest BCUT2D eigenvalue weighted by Gasteiger charge is -2.26. The molecule has 0 aliphatic heterocycles. The first-order valence-corrected chi connectivity index (χ1v) is 6.67. The van der Waals surface area contributed by atoms with E-state index < -0.39 is 15.6 Å². The third kappa shape index (κ3) is 8.00. The molecule has 1 unspecified atom stereocenters. The highest BCUT2D eigenvalue weighted by atomic mass is 32.2. The first-order chi connectivity index (χ1) is 7.18. The minimum Gasteiger partial charge on any atom is -0.387 e. The lowest BCUT2D eigenvalue weighted by molar-refractivity contribution is 0.0385. The molecular weight excluding hydrogens is 232 g/mol. The van der Waals surface area contributed by atoms with Crippen LogP contribution in [0.4, 0.5) is 0 Å². The molecule has 0 aromatic heterocycles. The van der Waals surface area contributed by atoms with Gasteiger partial charge in [-0.3, -0.25) is 0 Å². The fourth-order valence-electron chi connectivity index (χ4n) is 1.27. The minimum absolute atomic E-state index is 0.00275. The van der Waals surface area contributed by atoms with Gasteiger partial charge in [0.15, 0.2) is 0 Å². The molecule has 0 aromatic carbocycles. The zero-order valence-electron chi connectivity index (χ0n) is 10.4. The van der Waals surface area contributed by atoms with Crippen LogP contribution in [0.15, 0.2) is 0 Å². The third-order valence-corrected chi connectivity index (χ3v) is 3.17. The molecule has 0 fully saturated rings. The van der Waals surface area contributed by atoms with E-state index >= 15 is 0 Å². The molecule has 0 rings (SSSR count). The molecule has 7 heteroatoms. The average Bonchev–Trinajstić information content (AvgIpc) is 2.10. The number of rotatable bonds is 8. The first kappa shape index (κ1) is 15.8. The van der Waals surface area contributed by atoms with E-state index in [0.717, 1.165) is 0 Å². The van der Waals surface area contributed by atoms with Crippen molar-refractivity contribution in [2.75, 3.05) is 46.7 Å². The molecular formula is C9H22N2O4S. The Morgan fingerprint density at radius 2 is 2.00 bits per heavy atom. The summed E-state index contributed by atoms with van der Waals surface area (Å²) in [6.45, 7) is 2.12. The smallest absolute Gasteiger partial charge is 0.213 e. The summed E-state index contributed by atoms with van der Waals surface area (Å²) in [5, 5.41) is 9.87. The van der Waals surface area contributed by atoms with Gasteiger partial charge in [0, 0.05) is 20.2 Å². The highest BCUT2D eigenvalue weighted by Crippen LogP contribution is 2.03. The number of methoxy groups -OCH3 is 1. The summed E-state index contributed by atoms with van der Waals surface area (Å²) >= 11 is 0. The van der Waals surface area contributed by atoms with Gasteiger partial charge in [0.1, 0.15) is 0 Å². The van der Waals surface area contributed by atoms with Crippen molar-refractivity contribution in [2.45, 2.75) is 12.5 Å². The van der Waals surface area contributed by atoms with Crippen molar-refractivity contribution in [2.24, 2.45) is 0 Å². The summed E-state index contributed by atoms with van der Waals surface area (Å²) in [6, 6.07) is 0. The summed E-state index contributed by atoms with van der Waals surface area (Å²) in [4.78, 5) is 1.80. The Balaban J connectivity index is 4.12. The van der Waals surface area contributed by atoms with Gasteiger partial charge in [-0.2, -0.15) is 0 Å². The standard InChI is InChI=1S/C9H22N2O4S/c1-9(12,8-11(2)3)7-10-16(13,14)6-5-15-4/h10,12H,5-8H2,1-4H3. The fraction of sp³-hybridized carbons (Fsp3) is 1.00. The van der Waals surface area contributed by atoms with E-state index in [2.05, 4.69) is 9.46 Å². The fourth-order valence-corrected chi connectivity index (χ4v) is 2.33. The lowest BCUT2D eigenvalue weighted by atomic mass is 10.1. The molecule has 0 amide bonds. The Morgan fingerprint density at radius 1 is 1.44 bits per heavy atom. The highest BCUT2D eigenvalue weighted by molar-refractivity contribution is 7.89. The van der Waals surface area contributed by atoms with Crippen LogP contribution in [0, 0.1) is 0 Å².